The number of ether oxygens (including phenoxy) is 2. The maximum Gasteiger partial charge on any atom is 0.355 e. The van der Waals surface area contributed by atoms with Gasteiger partial charge in [-0.05, 0) is 21.6 Å². The third kappa shape index (κ3) is 3.60. The summed E-state index contributed by atoms with van der Waals surface area (Å²) in [7, 11) is 3.12. The van der Waals surface area contributed by atoms with E-state index in [9.17, 15) is 9.59 Å². The lowest BCUT2D eigenvalue weighted by Crippen LogP contribution is -2.78. The van der Waals surface area contributed by atoms with E-state index in [1.807, 2.05) is 30.3 Å². The molecule has 1 amide bonds. The maximum atomic E-state index is 13.0. The lowest BCUT2D eigenvalue weighted by atomic mass is 10.00. The number of aromatic nitrogens is 4. The minimum atomic E-state index is -1.44. The van der Waals surface area contributed by atoms with Crippen LogP contribution in [0.15, 0.2) is 46.8 Å². The minimum absolute atomic E-state index is 0.106. The zero-order chi connectivity index (χ0) is 21.3. The molecule has 0 aliphatic carbocycles. The van der Waals surface area contributed by atoms with Crippen molar-refractivity contribution in [2.45, 2.75) is 22.9 Å². The fourth-order valence-electron chi connectivity index (χ4n) is 3.19. The van der Waals surface area contributed by atoms with Crippen molar-refractivity contribution in [3.63, 3.8) is 0 Å². The van der Waals surface area contributed by atoms with Gasteiger partial charge < -0.3 is 9.47 Å². The number of hydrogen-bond acceptors (Lipinski definition) is 10. The summed E-state index contributed by atoms with van der Waals surface area (Å²) >= 11 is 2.83. The quantitative estimate of drug-likeness (QED) is 0.277. The van der Waals surface area contributed by atoms with Crippen molar-refractivity contribution in [2.75, 3.05) is 18.6 Å². The van der Waals surface area contributed by atoms with Crippen molar-refractivity contribution in [3.8, 4) is 0 Å². The average molecular weight is 449 g/mol. The zero-order valence-corrected chi connectivity index (χ0v) is 18.0. The highest BCUT2D eigenvalue weighted by Crippen LogP contribution is 2.46. The van der Waals surface area contributed by atoms with Crippen molar-refractivity contribution >= 4 is 35.4 Å². The lowest BCUT2D eigenvalue weighted by molar-refractivity contribution is -0.183. The number of nitrogens with two attached hydrogens (primary N) is 1. The molecule has 0 spiro atoms. The summed E-state index contributed by atoms with van der Waals surface area (Å²) < 4.78 is 12.3. The highest BCUT2D eigenvalue weighted by Gasteiger charge is 2.63. The van der Waals surface area contributed by atoms with Crippen LogP contribution in [-0.4, -0.2) is 66.7 Å². The molecule has 4 rings (SSSR count). The van der Waals surface area contributed by atoms with Crippen LogP contribution in [0.2, 0.25) is 0 Å². The molecule has 1 aromatic heterocycles. The number of carbonyl (C=O) groups excluding carboxylic acids is 2. The zero-order valence-electron chi connectivity index (χ0n) is 16.3. The van der Waals surface area contributed by atoms with Crippen LogP contribution in [0, 0.1) is 0 Å². The lowest BCUT2D eigenvalue weighted by Gasteiger charge is -2.54. The second-order valence-electron chi connectivity index (χ2n) is 6.72. The number of benzene rings is 1. The van der Waals surface area contributed by atoms with Crippen molar-refractivity contribution < 1.29 is 19.1 Å². The number of nitrogens with zero attached hydrogens (tertiary/aromatic N) is 5. The maximum absolute atomic E-state index is 13.0. The highest BCUT2D eigenvalue weighted by molar-refractivity contribution is 8.01. The van der Waals surface area contributed by atoms with Crippen LogP contribution in [0.1, 0.15) is 5.56 Å². The fourth-order valence-corrected chi connectivity index (χ4v) is 5.57. The summed E-state index contributed by atoms with van der Waals surface area (Å²) in [5.41, 5.74) is 6.49. The van der Waals surface area contributed by atoms with E-state index in [1.165, 1.54) is 35.5 Å². The predicted octanol–water partition coefficient (Wildman–Crippen LogP) is 0.516. The third-order valence-electron chi connectivity index (χ3n) is 4.85. The number of fused-ring (bicyclic) bond motifs is 1. The van der Waals surface area contributed by atoms with E-state index in [4.69, 9.17) is 15.2 Å². The number of esters is 1. The average Bonchev–Trinajstić information content (AvgIpc) is 3.19. The molecular weight excluding hydrogens is 428 g/mol. The minimum Gasteiger partial charge on any atom is -0.456 e. The smallest absolute Gasteiger partial charge is 0.355 e. The van der Waals surface area contributed by atoms with E-state index >= 15 is 0 Å². The molecule has 1 fully saturated rings. The van der Waals surface area contributed by atoms with Crippen LogP contribution in [-0.2, 0) is 32.7 Å². The number of aryl methyl sites for hydroxylation is 1. The van der Waals surface area contributed by atoms with Gasteiger partial charge in [0.15, 0.2) is 0 Å². The van der Waals surface area contributed by atoms with Crippen LogP contribution < -0.4 is 5.73 Å². The molecule has 2 aromatic rings. The predicted molar refractivity (Wildman–Crippen MR) is 110 cm³/mol. The molecular formula is C18H20N6O4S2. The van der Waals surface area contributed by atoms with Gasteiger partial charge in [-0.15, -0.1) is 16.9 Å². The normalized spacial score (nSPS) is 23.2. The Hall–Kier alpha value is -2.41. The van der Waals surface area contributed by atoms with E-state index in [-0.39, 0.29) is 12.3 Å². The third-order valence-corrected chi connectivity index (χ3v) is 7.34. The molecule has 2 N–H and O–H groups in total. The van der Waals surface area contributed by atoms with Gasteiger partial charge in [-0.25, -0.2) is 9.48 Å². The van der Waals surface area contributed by atoms with Gasteiger partial charge in [0.05, 0.1) is 0 Å². The summed E-state index contributed by atoms with van der Waals surface area (Å²) in [6, 6.07) is 9.35. The van der Waals surface area contributed by atoms with Gasteiger partial charge in [0.25, 0.3) is 5.91 Å². The topological polar surface area (TPSA) is 125 Å². The Kier molecular flexibility index (Phi) is 5.82. The van der Waals surface area contributed by atoms with E-state index < -0.39 is 23.0 Å². The van der Waals surface area contributed by atoms with E-state index in [1.54, 1.807) is 11.7 Å². The van der Waals surface area contributed by atoms with Gasteiger partial charge in [0.2, 0.25) is 10.9 Å². The number of carbonyl (C=O) groups is 2. The first kappa shape index (κ1) is 20.8. The molecule has 0 unspecified atom stereocenters. The molecule has 2 aliphatic heterocycles. The summed E-state index contributed by atoms with van der Waals surface area (Å²) in [4.78, 5) is 27.2. The molecule has 1 aromatic carbocycles. The monoisotopic (exact) mass is 448 g/mol. The van der Waals surface area contributed by atoms with Crippen LogP contribution in [0.3, 0.4) is 0 Å². The van der Waals surface area contributed by atoms with Crippen LogP contribution in [0.5, 0.6) is 0 Å². The van der Waals surface area contributed by atoms with Crippen molar-refractivity contribution in [1.29, 1.82) is 0 Å². The second kappa shape index (κ2) is 8.38. The first-order valence-electron chi connectivity index (χ1n) is 9.03. The number of methoxy groups -OCH3 is 1. The molecule has 0 saturated carbocycles. The first-order chi connectivity index (χ1) is 14.5. The number of rotatable bonds is 7. The molecule has 2 aliphatic rings. The molecule has 158 valence electrons. The van der Waals surface area contributed by atoms with E-state index in [0.717, 1.165) is 11.1 Å². The Labute approximate surface area is 181 Å². The Morgan fingerprint density at radius 2 is 2.17 bits per heavy atom. The molecule has 0 radical (unpaired) electrons. The van der Waals surface area contributed by atoms with Gasteiger partial charge >= 0.3 is 5.97 Å². The first-order valence-corrected chi connectivity index (χ1v) is 11.1. The number of amides is 1. The largest absolute Gasteiger partial charge is 0.456 e. The van der Waals surface area contributed by atoms with Gasteiger partial charge in [0.1, 0.15) is 17.7 Å². The van der Waals surface area contributed by atoms with Crippen molar-refractivity contribution in [2.24, 2.45) is 12.8 Å². The van der Waals surface area contributed by atoms with Crippen molar-refractivity contribution in [1.82, 2.24) is 25.1 Å². The molecule has 12 heteroatoms. The summed E-state index contributed by atoms with van der Waals surface area (Å²) in [6.45, 7) is 0.106. The Bertz CT molecular complexity index is 998. The number of tetrazole rings is 1. The molecule has 10 nitrogen and oxygen atoms in total. The Morgan fingerprint density at radius 1 is 1.40 bits per heavy atom. The number of β-lactam (4-membered cyclic amide) rings is 1. The standard InChI is InChI=1S/C18H20N6O4S2/c1-23-17(20-21-22-23)30-10-12-9-29-16-18(19,27-2)15(26)24(16)13(12)14(25)28-8-11-6-4-3-5-7-11/h3-7,16H,8-10,19H2,1-2H3/t16-,18-/m0/s1. The van der Waals surface area contributed by atoms with Crippen LogP contribution in [0.4, 0.5) is 0 Å². The summed E-state index contributed by atoms with van der Waals surface area (Å²) in [5.74, 6) is -0.0953. The molecule has 0 bridgehead atoms. The fraction of sp³-hybridized carbons (Fsp3) is 0.389. The van der Waals surface area contributed by atoms with E-state index in [2.05, 4.69) is 15.5 Å². The highest BCUT2D eigenvalue weighted by atomic mass is 32.2. The summed E-state index contributed by atoms with van der Waals surface area (Å²) in [6.07, 6.45) is 0. The Balaban J connectivity index is 1.58. The van der Waals surface area contributed by atoms with Crippen LogP contribution >= 0.6 is 23.5 Å². The van der Waals surface area contributed by atoms with Gasteiger partial charge in [-0.2, -0.15) is 0 Å². The SMILES string of the molecule is CO[C@@]1(N)C(=O)N2C(C(=O)OCc3ccccc3)=C(CSc3nnnn3C)CS[C@H]21. The Morgan fingerprint density at radius 3 is 2.83 bits per heavy atom. The molecule has 30 heavy (non-hydrogen) atoms. The van der Waals surface area contributed by atoms with E-state index in [0.29, 0.717) is 16.7 Å². The summed E-state index contributed by atoms with van der Waals surface area (Å²) in [5, 5.41) is 11.5. The second-order valence-corrected chi connectivity index (χ2v) is 8.73. The molecule has 3 heterocycles. The van der Waals surface area contributed by atoms with Gasteiger partial charge in [0, 0.05) is 25.7 Å². The molecule has 1 saturated heterocycles. The molecule has 2 atom stereocenters. The van der Waals surface area contributed by atoms with Gasteiger partial charge in [-0.1, -0.05) is 42.1 Å². The van der Waals surface area contributed by atoms with Crippen LogP contribution in [0.25, 0.3) is 0 Å². The van der Waals surface area contributed by atoms with Crippen molar-refractivity contribution in [3.05, 3.63) is 47.2 Å². The number of thioether (sulfide) groups is 2. The number of hydrogen-bond donors (Lipinski definition) is 1. The van der Waals surface area contributed by atoms with Gasteiger partial charge in [-0.3, -0.25) is 15.4 Å².